The van der Waals surface area contributed by atoms with Gasteiger partial charge >= 0.3 is 0 Å². The highest BCUT2D eigenvalue weighted by Crippen LogP contribution is 2.32. The third-order valence-electron chi connectivity index (χ3n) is 3.30. The van der Waals surface area contributed by atoms with E-state index in [-0.39, 0.29) is 22.6 Å². The van der Waals surface area contributed by atoms with Gasteiger partial charge in [-0.25, -0.2) is 12.7 Å². The second-order valence-corrected chi connectivity index (χ2v) is 6.46. The summed E-state index contributed by atoms with van der Waals surface area (Å²) in [7, 11) is -3.89. The predicted octanol–water partition coefficient (Wildman–Crippen LogP) is 1.90. The van der Waals surface area contributed by atoms with Gasteiger partial charge in [-0.05, 0) is 23.8 Å². The lowest BCUT2D eigenvalue weighted by Gasteiger charge is -2.14. The van der Waals surface area contributed by atoms with Gasteiger partial charge in [0.25, 0.3) is 15.9 Å². The van der Waals surface area contributed by atoms with E-state index >= 15 is 0 Å². The molecule has 2 aromatic carbocycles. The molecule has 0 aliphatic carbocycles. The minimum atomic E-state index is -3.89. The van der Waals surface area contributed by atoms with Crippen molar-refractivity contribution in [1.82, 2.24) is 4.31 Å². The fourth-order valence-electron chi connectivity index (χ4n) is 2.25. The summed E-state index contributed by atoms with van der Waals surface area (Å²) in [6, 6.07) is 14.8. The second kappa shape index (κ2) is 4.72. The van der Waals surface area contributed by atoms with Gasteiger partial charge < -0.3 is 0 Å². The van der Waals surface area contributed by atoms with Gasteiger partial charge in [0, 0.05) is 0 Å². The molecule has 5 nitrogen and oxygen atoms in total. The number of hydrogen-bond donors (Lipinski definition) is 0. The Morgan fingerprint density at radius 1 is 1.10 bits per heavy atom. The van der Waals surface area contributed by atoms with Crippen LogP contribution in [0.15, 0.2) is 53.4 Å². The molecule has 0 bridgehead atoms. The number of nitrogens with zero attached hydrogens (tertiary/aromatic N) is 2. The number of fused-ring (bicyclic) bond motifs is 1. The predicted molar refractivity (Wildman–Crippen MR) is 74.7 cm³/mol. The molecule has 0 saturated carbocycles. The second-order valence-electron chi connectivity index (χ2n) is 4.63. The van der Waals surface area contributed by atoms with Crippen molar-refractivity contribution in [3.05, 3.63) is 65.2 Å². The molecule has 6 heteroatoms. The number of carbonyl (C=O) groups is 1. The molecule has 21 heavy (non-hydrogen) atoms. The molecular weight excluding hydrogens is 288 g/mol. The molecule has 1 heterocycles. The van der Waals surface area contributed by atoms with Gasteiger partial charge in [0.2, 0.25) is 0 Å². The lowest BCUT2D eigenvalue weighted by Crippen LogP contribution is -2.29. The molecule has 0 atom stereocenters. The van der Waals surface area contributed by atoms with E-state index in [1.54, 1.807) is 24.3 Å². The zero-order valence-electron chi connectivity index (χ0n) is 10.9. The molecule has 0 radical (unpaired) electrons. The maximum absolute atomic E-state index is 12.5. The average Bonchev–Trinajstić information content (AvgIpc) is 2.69. The Hall–Kier alpha value is -2.65. The fourth-order valence-corrected chi connectivity index (χ4v) is 3.83. The SMILES string of the molecule is N#Cc1ccc2c(c1)S(=O)(=O)N(Cc1ccccc1)C2=O. The smallest absolute Gasteiger partial charge is 0.268 e. The van der Waals surface area contributed by atoms with E-state index < -0.39 is 15.9 Å². The highest BCUT2D eigenvalue weighted by atomic mass is 32.2. The van der Waals surface area contributed by atoms with Crippen LogP contribution < -0.4 is 0 Å². The van der Waals surface area contributed by atoms with Crippen LogP contribution in [0, 0.1) is 11.3 Å². The third kappa shape index (κ3) is 2.08. The zero-order chi connectivity index (χ0) is 15.0. The minimum absolute atomic E-state index is 0.0153. The van der Waals surface area contributed by atoms with E-state index in [4.69, 9.17) is 5.26 Å². The highest BCUT2D eigenvalue weighted by Gasteiger charge is 2.41. The Labute approximate surface area is 122 Å². The number of benzene rings is 2. The average molecular weight is 298 g/mol. The van der Waals surface area contributed by atoms with E-state index in [2.05, 4.69) is 0 Å². The van der Waals surface area contributed by atoms with Crippen LogP contribution in [0.5, 0.6) is 0 Å². The first kappa shape index (κ1) is 13.3. The normalized spacial score (nSPS) is 15.6. The van der Waals surface area contributed by atoms with E-state index in [1.165, 1.54) is 18.2 Å². The van der Waals surface area contributed by atoms with Gasteiger partial charge in [-0.15, -0.1) is 0 Å². The summed E-state index contributed by atoms with van der Waals surface area (Å²) in [5, 5.41) is 8.86. The van der Waals surface area contributed by atoms with Crippen LogP contribution in [-0.2, 0) is 16.6 Å². The van der Waals surface area contributed by atoms with E-state index in [0.29, 0.717) is 0 Å². The minimum Gasteiger partial charge on any atom is -0.268 e. The number of sulfonamides is 1. The van der Waals surface area contributed by atoms with Gasteiger partial charge in [-0.1, -0.05) is 30.3 Å². The van der Waals surface area contributed by atoms with Crippen molar-refractivity contribution in [2.45, 2.75) is 11.4 Å². The highest BCUT2D eigenvalue weighted by molar-refractivity contribution is 7.90. The fraction of sp³-hybridized carbons (Fsp3) is 0.0667. The zero-order valence-corrected chi connectivity index (χ0v) is 11.7. The molecule has 0 saturated heterocycles. The molecule has 2 aromatic rings. The van der Waals surface area contributed by atoms with Crippen molar-refractivity contribution in [2.75, 3.05) is 0 Å². The number of nitriles is 1. The first-order valence-electron chi connectivity index (χ1n) is 6.19. The van der Waals surface area contributed by atoms with Crippen molar-refractivity contribution in [3.63, 3.8) is 0 Å². The lowest BCUT2D eigenvalue weighted by molar-refractivity contribution is 0.0865. The standard InChI is InChI=1S/C15H10N2O3S/c16-9-12-6-7-13-14(8-12)21(19,20)17(15(13)18)10-11-4-2-1-3-5-11/h1-8H,10H2. The number of hydrogen-bond acceptors (Lipinski definition) is 4. The number of amides is 1. The van der Waals surface area contributed by atoms with Crippen LogP contribution in [-0.4, -0.2) is 18.6 Å². The van der Waals surface area contributed by atoms with Crippen LogP contribution in [0.25, 0.3) is 0 Å². The van der Waals surface area contributed by atoms with Crippen LogP contribution in [0.3, 0.4) is 0 Å². The first-order valence-corrected chi connectivity index (χ1v) is 7.63. The van der Waals surface area contributed by atoms with E-state index in [9.17, 15) is 13.2 Å². The molecule has 104 valence electrons. The third-order valence-corrected chi connectivity index (χ3v) is 5.07. The first-order chi connectivity index (χ1) is 10.0. The Morgan fingerprint density at radius 3 is 2.48 bits per heavy atom. The lowest BCUT2D eigenvalue weighted by atomic mass is 10.1. The van der Waals surface area contributed by atoms with Gasteiger partial charge in [-0.3, -0.25) is 4.79 Å². The largest absolute Gasteiger partial charge is 0.269 e. The van der Waals surface area contributed by atoms with Crippen LogP contribution in [0.4, 0.5) is 0 Å². The summed E-state index contributed by atoms with van der Waals surface area (Å²) in [6.07, 6.45) is 0. The quantitative estimate of drug-likeness (QED) is 0.848. The summed E-state index contributed by atoms with van der Waals surface area (Å²) in [5.41, 5.74) is 1.05. The summed E-state index contributed by atoms with van der Waals surface area (Å²) >= 11 is 0. The molecule has 0 spiro atoms. The van der Waals surface area contributed by atoms with Crippen LogP contribution in [0.2, 0.25) is 0 Å². The summed E-state index contributed by atoms with van der Waals surface area (Å²) in [5.74, 6) is -0.557. The van der Waals surface area contributed by atoms with Gasteiger partial charge in [-0.2, -0.15) is 5.26 Å². The summed E-state index contributed by atoms with van der Waals surface area (Å²) in [6.45, 7) is -0.0153. The van der Waals surface area contributed by atoms with Crippen molar-refractivity contribution < 1.29 is 13.2 Å². The molecular formula is C15H10N2O3S. The van der Waals surface area contributed by atoms with Gasteiger partial charge in [0.05, 0.1) is 23.7 Å². The van der Waals surface area contributed by atoms with Crippen LogP contribution >= 0.6 is 0 Å². The van der Waals surface area contributed by atoms with Gasteiger partial charge in [0.15, 0.2) is 0 Å². The Bertz CT molecular complexity index is 868. The number of carbonyl (C=O) groups excluding carboxylic acids is 1. The Morgan fingerprint density at radius 2 is 1.81 bits per heavy atom. The number of rotatable bonds is 2. The molecule has 0 N–H and O–H groups in total. The van der Waals surface area contributed by atoms with Gasteiger partial charge in [0.1, 0.15) is 4.90 Å². The molecule has 1 amide bonds. The van der Waals surface area contributed by atoms with Crippen molar-refractivity contribution >= 4 is 15.9 Å². The van der Waals surface area contributed by atoms with E-state index in [0.717, 1.165) is 9.87 Å². The summed E-state index contributed by atoms with van der Waals surface area (Å²) < 4.78 is 25.8. The van der Waals surface area contributed by atoms with E-state index in [1.807, 2.05) is 12.1 Å². The molecule has 0 unspecified atom stereocenters. The molecule has 3 rings (SSSR count). The molecule has 1 aliphatic rings. The molecule has 0 aromatic heterocycles. The Kier molecular flexibility index (Phi) is 3.00. The molecule has 0 fully saturated rings. The Balaban J connectivity index is 2.06. The van der Waals surface area contributed by atoms with Crippen molar-refractivity contribution in [2.24, 2.45) is 0 Å². The van der Waals surface area contributed by atoms with Crippen LogP contribution in [0.1, 0.15) is 21.5 Å². The monoisotopic (exact) mass is 298 g/mol. The molecule has 1 aliphatic heterocycles. The van der Waals surface area contributed by atoms with Crippen molar-refractivity contribution in [1.29, 1.82) is 5.26 Å². The topological polar surface area (TPSA) is 78.2 Å². The maximum atomic E-state index is 12.5. The van der Waals surface area contributed by atoms with Crippen molar-refractivity contribution in [3.8, 4) is 6.07 Å². The summed E-state index contributed by atoms with van der Waals surface area (Å²) in [4.78, 5) is 12.2. The maximum Gasteiger partial charge on any atom is 0.269 e.